The molecule has 4 nitrogen and oxygen atoms in total. The molecule has 1 aromatic heterocycles. The maximum absolute atomic E-state index is 12.0. The zero-order valence-electron chi connectivity index (χ0n) is 12.1. The monoisotopic (exact) mass is 343 g/mol. The highest BCUT2D eigenvalue weighted by atomic mass is 35.5. The average molecular weight is 344 g/mol. The Morgan fingerprint density at radius 3 is 2.61 bits per heavy atom. The lowest BCUT2D eigenvalue weighted by molar-refractivity contribution is -0.113. The van der Waals surface area contributed by atoms with Crippen molar-refractivity contribution in [3.63, 3.8) is 0 Å². The number of imidazole rings is 1. The predicted octanol–water partition coefficient (Wildman–Crippen LogP) is 4.26. The van der Waals surface area contributed by atoms with Gasteiger partial charge in [0.1, 0.15) is 0 Å². The smallest absolute Gasteiger partial charge is 0.234 e. The van der Waals surface area contributed by atoms with Crippen molar-refractivity contribution in [2.24, 2.45) is 0 Å². The molecule has 0 saturated heterocycles. The Morgan fingerprint density at radius 2 is 1.87 bits per heavy atom. The van der Waals surface area contributed by atoms with Gasteiger partial charge in [-0.1, -0.05) is 41.6 Å². The van der Waals surface area contributed by atoms with Crippen LogP contribution in [-0.4, -0.2) is 21.2 Å². The number of para-hydroxylation sites is 1. The van der Waals surface area contributed by atoms with Gasteiger partial charge in [-0.2, -0.15) is 0 Å². The van der Waals surface area contributed by atoms with Gasteiger partial charge in [-0.15, -0.1) is 0 Å². The van der Waals surface area contributed by atoms with E-state index < -0.39 is 0 Å². The number of anilines is 1. The molecule has 0 bridgehead atoms. The van der Waals surface area contributed by atoms with E-state index in [1.54, 1.807) is 30.5 Å². The van der Waals surface area contributed by atoms with E-state index in [1.165, 1.54) is 11.8 Å². The van der Waals surface area contributed by atoms with Gasteiger partial charge in [0.15, 0.2) is 5.16 Å². The van der Waals surface area contributed by atoms with Crippen molar-refractivity contribution in [2.45, 2.75) is 5.16 Å². The van der Waals surface area contributed by atoms with Crippen LogP contribution in [0.25, 0.3) is 5.69 Å². The summed E-state index contributed by atoms with van der Waals surface area (Å²) in [6.07, 6.45) is 3.61. The molecule has 0 spiro atoms. The minimum absolute atomic E-state index is 0.0834. The molecule has 0 aliphatic heterocycles. The number of amides is 1. The van der Waals surface area contributed by atoms with E-state index in [4.69, 9.17) is 11.6 Å². The predicted molar refractivity (Wildman–Crippen MR) is 94.4 cm³/mol. The third kappa shape index (κ3) is 4.15. The van der Waals surface area contributed by atoms with Crippen LogP contribution in [0.1, 0.15) is 0 Å². The highest BCUT2D eigenvalue weighted by Gasteiger charge is 2.09. The number of halogens is 1. The Bertz CT molecular complexity index is 787. The van der Waals surface area contributed by atoms with E-state index in [9.17, 15) is 4.79 Å². The van der Waals surface area contributed by atoms with E-state index in [1.807, 2.05) is 41.1 Å². The summed E-state index contributed by atoms with van der Waals surface area (Å²) >= 11 is 7.22. The Kier molecular flexibility index (Phi) is 5.00. The number of thioether (sulfide) groups is 1. The second kappa shape index (κ2) is 7.35. The first-order valence-corrected chi connectivity index (χ1v) is 8.36. The van der Waals surface area contributed by atoms with Crippen LogP contribution in [0.5, 0.6) is 0 Å². The second-order valence-corrected chi connectivity index (χ2v) is 6.14. The SMILES string of the molecule is O=C(CSc1nccn1-c1ccccc1)Nc1ccc(Cl)cc1. The fourth-order valence-electron chi connectivity index (χ4n) is 2.04. The number of carbonyl (C=O) groups is 1. The molecule has 3 rings (SSSR count). The average Bonchev–Trinajstić information content (AvgIpc) is 3.04. The molecule has 1 amide bonds. The molecule has 2 aromatic carbocycles. The summed E-state index contributed by atoms with van der Waals surface area (Å²) < 4.78 is 1.96. The van der Waals surface area contributed by atoms with Crippen LogP contribution in [0.2, 0.25) is 5.02 Å². The first-order chi connectivity index (χ1) is 11.2. The Hall–Kier alpha value is -2.24. The number of benzene rings is 2. The third-order valence-electron chi connectivity index (χ3n) is 3.10. The molecule has 6 heteroatoms. The third-order valence-corrected chi connectivity index (χ3v) is 4.32. The van der Waals surface area contributed by atoms with Gasteiger partial charge >= 0.3 is 0 Å². The molecule has 1 heterocycles. The summed E-state index contributed by atoms with van der Waals surface area (Å²) in [5.41, 5.74) is 1.75. The number of nitrogens with zero attached hydrogens (tertiary/aromatic N) is 2. The molecular formula is C17H14ClN3OS. The zero-order chi connectivity index (χ0) is 16.1. The summed E-state index contributed by atoms with van der Waals surface area (Å²) in [6, 6.07) is 16.9. The first-order valence-electron chi connectivity index (χ1n) is 6.99. The van der Waals surface area contributed by atoms with Gasteiger partial charge in [-0.3, -0.25) is 9.36 Å². The topological polar surface area (TPSA) is 46.9 Å². The molecule has 3 aromatic rings. The van der Waals surface area contributed by atoms with E-state index in [-0.39, 0.29) is 11.7 Å². The fourth-order valence-corrected chi connectivity index (χ4v) is 2.94. The lowest BCUT2D eigenvalue weighted by Gasteiger charge is -2.08. The molecule has 0 fully saturated rings. The summed E-state index contributed by atoms with van der Waals surface area (Å²) in [5.74, 6) is 0.201. The quantitative estimate of drug-likeness (QED) is 0.704. The van der Waals surface area contributed by atoms with Crippen LogP contribution < -0.4 is 5.32 Å². The second-order valence-electron chi connectivity index (χ2n) is 4.76. The van der Waals surface area contributed by atoms with Gasteiger partial charge in [-0.05, 0) is 36.4 Å². The summed E-state index contributed by atoms with van der Waals surface area (Å²) in [6.45, 7) is 0. The van der Waals surface area contributed by atoms with Gasteiger partial charge in [0.05, 0.1) is 5.75 Å². The van der Waals surface area contributed by atoms with Crippen molar-refractivity contribution in [3.05, 3.63) is 72.0 Å². The Labute approximate surface area is 143 Å². The summed E-state index contributed by atoms with van der Waals surface area (Å²) in [5, 5.41) is 4.26. The molecule has 0 radical (unpaired) electrons. The number of hydrogen-bond donors (Lipinski definition) is 1. The highest BCUT2D eigenvalue weighted by Crippen LogP contribution is 2.21. The molecular weight excluding hydrogens is 330 g/mol. The van der Waals surface area contributed by atoms with Crippen LogP contribution in [0, 0.1) is 0 Å². The molecule has 0 saturated carbocycles. The van der Waals surface area contributed by atoms with E-state index >= 15 is 0 Å². The minimum Gasteiger partial charge on any atom is -0.325 e. The Morgan fingerprint density at radius 1 is 1.13 bits per heavy atom. The van der Waals surface area contributed by atoms with Crippen molar-refractivity contribution in [2.75, 3.05) is 11.1 Å². The molecule has 0 aliphatic carbocycles. The number of hydrogen-bond acceptors (Lipinski definition) is 3. The van der Waals surface area contributed by atoms with E-state index in [0.717, 1.165) is 16.5 Å². The largest absolute Gasteiger partial charge is 0.325 e. The zero-order valence-corrected chi connectivity index (χ0v) is 13.7. The molecule has 0 aliphatic rings. The van der Waals surface area contributed by atoms with Crippen molar-refractivity contribution in [1.82, 2.24) is 9.55 Å². The molecule has 116 valence electrons. The van der Waals surface area contributed by atoms with Crippen LogP contribution in [0.3, 0.4) is 0 Å². The summed E-state index contributed by atoms with van der Waals surface area (Å²) in [4.78, 5) is 16.4. The van der Waals surface area contributed by atoms with Crippen molar-refractivity contribution in [3.8, 4) is 5.69 Å². The van der Waals surface area contributed by atoms with Gasteiger partial charge in [0.2, 0.25) is 5.91 Å². The van der Waals surface area contributed by atoms with E-state index in [0.29, 0.717) is 5.02 Å². The molecule has 23 heavy (non-hydrogen) atoms. The van der Waals surface area contributed by atoms with Crippen LogP contribution in [-0.2, 0) is 4.79 Å². The van der Waals surface area contributed by atoms with Crippen LogP contribution in [0.15, 0.2) is 72.1 Å². The van der Waals surface area contributed by atoms with E-state index in [2.05, 4.69) is 10.3 Å². The highest BCUT2D eigenvalue weighted by molar-refractivity contribution is 7.99. The number of aromatic nitrogens is 2. The van der Waals surface area contributed by atoms with Crippen molar-refractivity contribution in [1.29, 1.82) is 0 Å². The summed E-state index contributed by atoms with van der Waals surface area (Å²) in [7, 11) is 0. The molecule has 0 atom stereocenters. The lowest BCUT2D eigenvalue weighted by Crippen LogP contribution is -2.14. The minimum atomic E-state index is -0.0834. The maximum atomic E-state index is 12.0. The number of carbonyl (C=O) groups excluding carboxylic acids is 1. The Balaban J connectivity index is 1.62. The standard InChI is InChI=1S/C17H14ClN3OS/c18-13-6-8-14(9-7-13)20-16(22)12-23-17-19-10-11-21(17)15-4-2-1-3-5-15/h1-11H,12H2,(H,20,22). The van der Waals surface area contributed by atoms with Gasteiger partial charge < -0.3 is 5.32 Å². The number of nitrogens with one attached hydrogen (secondary N) is 1. The van der Waals surface area contributed by atoms with Gasteiger partial charge in [0, 0.05) is 28.8 Å². The molecule has 1 N–H and O–H groups in total. The van der Waals surface area contributed by atoms with Gasteiger partial charge in [-0.25, -0.2) is 4.98 Å². The van der Waals surface area contributed by atoms with Crippen molar-refractivity contribution >= 4 is 35.0 Å². The normalized spacial score (nSPS) is 10.5. The maximum Gasteiger partial charge on any atom is 0.234 e. The van der Waals surface area contributed by atoms with Crippen LogP contribution in [0.4, 0.5) is 5.69 Å². The fraction of sp³-hybridized carbons (Fsp3) is 0.0588. The van der Waals surface area contributed by atoms with Gasteiger partial charge in [0.25, 0.3) is 0 Å². The van der Waals surface area contributed by atoms with Crippen LogP contribution >= 0.6 is 23.4 Å². The first kappa shape index (κ1) is 15.6. The number of rotatable bonds is 5. The van der Waals surface area contributed by atoms with Crippen molar-refractivity contribution < 1.29 is 4.79 Å². The lowest BCUT2D eigenvalue weighted by atomic mass is 10.3. The molecule has 0 unspecified atom stereocenters.